The number of methoxy groups -OCH3 is 1. The Labute approximate surface area is 164 Å². The Morgan fingerprint density at radius 1 is 1.18 bits per heavy atom. The summed E-state index contributed by atoms with van der Waals surface area (Å²) < 4.78 is 41.3. The Hall–Kier alpha value is -2.94. The van der Waals surface area contributed by atoms with E-state index in [0.717, 1.165) is 6.26 Å². The molecule has 0 unspecified atom stereocenters. The summed E-state index contributed by atoms with van der Waals surface area (Å²) in [5.74, 6) is 1.57. The third-order valence-electron chi connectivity index (χ3n) is 4.16. The Balaban J connectivity index is 1.58. The number of ether oxygens (including phenoxy) is 3. The van der Waals surface area contributed by atoms with E-state index in [4.69, 9.17) is 14.2 Å². The predicted octanol–water partition coefficient (Wildman–Crippen LogP) is 2.61. The topological polar surface area (TPSA) is 94.2 Å². The van der Waals surface area contributed by atoms with Gasteiger partial charge in [0.2, 0.25) is 22.7 Å². The molecule has 150 valence electrons. The van der Waals surface area contributed by atoms with Crippen LogP contribution in [0.3, 0.4) is 0 Å². The lowest BCUT2D eigenvalue weighted by Gasteiger charge is -2.22. The first-order valence-electron chi connectivity index (χ1n) is 8.68. The lowest BCUT2D eigenvalue weighted by molar-refractivity contribution is -0.116. The number of nitrogens with zero attached hydrogens (tertiary/aromatic N) is 1. The summed E-state index contributed by atoms with van der Waals surface area (Å²) in [7, 11) is -1.97. The molecule has 0 saturated heterocycles. The molecule has 1 aliphatic rings. The quantitative estimate of drug-likeness (QED) is 0.724. The van der Waals surface area contributed by atoms with E-state index in [2.05, 4.69) is 5.32 Å². The van der Waals surface area contributed by atoms with Gasteiger partial charge in [-0.2, -0.15) is 0 Å². The van der Waals surface area contributed by atoms with Gasteiger partial charge >= 0.3 is 0 Å². The van der Waals surface area contributed by atoms with Crippen molar-refractivity contribution in [2.75, 3.05) is 36.3 Å². The van der Waals surface area contributed by atoms with Gasteiger partial charge in [0, 0.05) is 30.8 Å². The number of carbonyl (C=O) groups is 1. The largest absolute Gasteiger partial charge is 0.497 e. The zero-order valence-electron chi connectivity index (χ0n) is 15.7. The second-order valence-electron chi connectivity index (χ2n) is 6.26. The second kappa shape index (κ2) is 8.39. The van der Waals surface area contributed by atoms with Crippen molar-refractivity contribution < 1.29 is 27.4 Å². The van der Waals surface area contributed by atoms with Crippen LogP contribution in [0.15, 0.2) is 42.5 Å². The van der Waals surface area contributed by atoms with E-state index in [0.29, 0.717) is 35.0 Å². The second-order valence-corrected chi connectivity index (χ2v) is 8.16. The van der Waals surface area contributed by atoms with Crippen LogP contribution >= 0.6 is 0 Å². The Kier molecular flexibility index (Phi) is 5.93. The summed E-state index contributed by atoms with van der Waals surface area (Å²) in [6.45, 7) is 0.346. The fraction of sp³-hybridized carbons (Fsp3) is 0.316. The van der Waals surface area contributed by atoms with Crippen molar-refractivity contribution in [3.63, 3.8) is 0 Å². The molecule has 9 heteroatoms. The van der Waals surface area contributed by atoms with Gasteiger partial charge in [0.1, 0.15) is 5.75 Å². The fourth-order valence-electron chi connectivity index (χ4n) is 2.83. The number of anilines is 2. The fourth-order valence-corrected chi connectivity index (χ4v) is 3.79. The molecule has 1 amide bonds. The highest BCUT2D eigenvalue weighted by Crippen LogP contribution is 2.34. The first kappa shape index (κ1) is 19.8. The molecule has 0 aromatic heterocycles. The number of sulfonamides is 1. The molecular weight excluding hydrogens is 384 g/mol. The minimum atomic E-state index is -3.49. The van der Waals surface area contributed by atoms with Crippen LogP contribution in [0, 0.1) is 0 Å². The summed E-state index contributed by atoms with van der Waals surface area (Å²) in [5.41, 5.74) is 1.10. The molecule has 1 heterocycles. The van der Waals surface area contributed by atoms with E-state index in [-0.39, 0.29) is 25.7 Å². The molecular formula is C19H22N2O6S. The van der Waals surface area contributed by atoms with Gasteiger partial charge in [-0.3, -0.25) is 9.10 Å². The maximum atomic E-state index is 12.2. The number of carbonyl (C=O) groups excluding carboxylic acids is 1. The van der Waals surface area contributed by atoms with Crippen molar-refractivity contribution >= 4 is 27.3 Å². The molecule has 1 aliphatic heterocycles. The molecule has 1 N–H and O–H groups in total. The van der Waals surface area contributed by atoms with Crippen LogP contribution < -0.4 is 23.8 Å². The number of hydrogen-bond donors (Lipinski definition) is 1. The van der Waals surface area contributed by atoms with Crippen LogP contribution in [0.5, 0.6) is 17.2 Å². The molecule has 28 heavy (non-hydrogen) atoms. The van der Waals surface area contributed by atoms with Gasteiger partial charge in [-0.15, -0.1) is 0 Å². The third-order valence-corrected chi connectivity index (χ3v) is 5.36. The van der Waals surface area contributed by atoms with Gasteiger partial charge in [0.25, 0.3) is 0 Å². The smallest absolute Gasteiger partial charge is 0.232 e. The molecule has 0 radical (unpaired) electrons. The normalized spacial score (nSPS) is 12.5. The molecule has 0 fully saturated rings. The highest BCUT2D eigenvalue weighted by molar-refractivity contribution is 7.92. The van der Waals surface area contributed by atoms with E-state index >= 15 is 0 Å². The van der Waals surface area contributed by atoms with Crippen LogP contribution in [0.4, 0.5) is 11.4 Å². The predicted molar refractivity (Wildman–Crippen MR) is 106 cm³/mol. The molecule has 0 bridgehead atoms. The first-order valence-corrected chi connectivity index (χ1v) is 10.5. The van der Waals surface area contributed by atoms with Crippen LogP contribution in [0.1, 0.15) is 12.8 Å². The highest BCUT2D eigenvalue weighted by atomic mass is 32.2. The van der Waals surface area contributed by atoms with Crippen molar-refractivity contribution in [2.24, 2.45) is 0 Å². The summed E-state index contributed by atoms with van der Waals surface area (Å²) in [4.78, 5) is 12.2. The monoisotopic (exact) mass is 406 g/mol. The number of nitrogens with one attached hydrogen (secondary N) is 1. The van der Waals surface area contributed by atoms with Crippen molar-refractivity contribution in [3.05, 3.63) is 42.5 Å². The molecule has 0 saturated carbocycles. The zero-order valence-corrected chi connectivity index (χ0v) is 16.5. The summed E-state index contributed by atoms with van der Waals surface area (Å²) in [6, 6.07) is 11.9. The van der Waals surface area contributed by atoms with Gasteiger partial charge in [0.05, 0.1) is 19.1 Å². The SMILES string of the molecule is COc1cccc(N(CCCC(=O)Nc2ccc3c(c2)OCO3)S(C)(=O)=O)c1. The number of fused-ring (bicyclic) bond motifs is 1. The van der Waals surface area contributed by atoms with Crippen molar-refractivity contribution in [2.45, 2.75) is 12.8 Å². The lowest BCUT2D eigenvalue weighted by Crippen LogP contribution is -2.31. The van der Waals surface area contributed by atoms with Crippen LogP contribution in [-0.2, 0) is 14.8 Å². The van der Waals surface area contributed by atoms with Gasteiger partial charge in [-0.1, -0.05) is 6.07 Å². The number of benzene rings is 2. The lowest BCUT2D eigenvalue weighted by atomic mass is 10.2. The first-order chi connectivity index (χ1) is 13.4. The van der Waals surface area contributed by atoms with E-state index in [9.17, 15) is 13.2 Å². The van der Waals surface area contributed by atoms with E-state index < -0.39 is 10.0 Å². The maximum absolute atomic E-state index is 12.2. The van der Waals surface area contributed by atoms with Crippen molar-refractivity contribution in [1.29, 1.82) is 0 Å². The summed E-state index contributed by atoms with van der Waals surface area (Å²) in [5, 5.41) is 2.78. The molecule has 2 aromatic rings. The van der Waals surface area contributed by atoms with E-state index in [1.165, 1.54) is 11.4 Å². The van der Waals surface area contributed by atoms with Gasteiger partial charge in [-0.25, -0.2) is 8.42 Å². The zero-order chi connectivity index (χ0) is 20.1. The maximum Gasteiger partial charge on any atom is 0.232 e. The van der Waals surface area contributed by atoms with Gasteiger partial charge in [-0.05, 0) is 30.7 Å². The minimum absolute atomic E-state index is 0.165. The molecule has 0 aliphatic carbocycles. The highest BCUT2D eigenvalue weighted by Gasteiger charge is 2.19. The number of hydrogen-bond acceptors (Lipinski definition) is 6. The minimum Gasteiger partial charge on any atom is -0.497 e. The Morgan fingerprint density at radius 3 is 2.71 bits per heavy atom. The average Bonchev–Trinajstić information content (AvgIpc) is 3.12. The Morgan fingerprint density at radius 2 is 1.96 bits per heavy atom. The molecule has 0 atom stereocenters. The summed E-state index contributed by atoms with van der Waals surface area (Å²) >= 11 is 0. The number of amides is 1. The van der Waals surface area contributed by atoms with Crippen molar-refractivity contribution in [1.82, 2.24) is 0 Å². The van der Waals surface area contributed by atoms with Gasteiger partial charge in [0.15, 0.2) is 11.5 Å². The van der Waals surface area contributed by atoms with E-state index in [1.54, 1.807) is 42.5 Å². The van der Waals surface area contributed by atoms with E-state index in [1.807, 2.05) is 0 Å². The Bertz CT molecular complexity index is 961. The summed E-state index contributed by atoms with van der Waals surface area (Å²) in [6.07, 6.45) is 1.67. The van der Waals surface area contributed by atoms with Crippen LogP contribution in [-0.4, -0.2) is 41.0 Å². The van der Waals surface area contributed by atoms with Crippen LogP contribution in [0.25, 0.3) is 0 Å². The van der Waals surface area contributed by atoms with Crippen molar-refractivity contribution in [3.8, 4) is 17.2 Å². The molecule has 8 nitrogen and oxygen atoms in total. The molecule has 3 rings (SSSR count). The average molecular weight is 406 g/mol. The van der Waals surface area contributed by atoms with Gasteiger partial charge < -0.3 is 19.5 Å². The number of rotatable bonds is 8. The standard InChI is InChI=1S/C19H22N2O6S/c1-25-16-6-3-5-15(12-16)21(28(2,23)24)10-4-7-19(22)20-14-8-9-17-18(11-14)27-13-26-17/h3,5-6,8-9,11-12H,4,7,10,13H2,1-2H3,(H,20,22). The third kappa shape index (κ3) is 4.86. The molecule has 0 spiro atoms. The molecule has 2 aromatic carbocycles. The van der Waals surface area contributed by atoms with Crippen LogP contribution in [0.2, 0.25) is 0 Å².